The average Bonchev–Trinajstić information content (AvgIpc) is 2.50. The molecule has 0 aliphatic rings. The first kappa shape index (κ1) is 17.0. The fourth-order valence-corrected chi connectivity index (χ4v) is 2.37. The maximum Gasteiger partial charge on any atom is 0.0824 e. The number of aliphatic hydroxyl groups excluding tert-OH is 1. The zero-order valence-corrected chi connectivity index (χ0v) is 12.9. The van der Waals surface area contributed by atoms with Gasteiger partial charge in [0.05, 0.1) is 6.10 Å². The van der Waals surface area contributed by atoms with Gasteiger partial charge >= 0.3 is 0 Å². The van der Waals surface area contributed by atoms with Gasteiger partial charge in [-0.25, -0.2) is 0 Å². The second-order valence-corrected chi connectivity index (χ2v) is 5.54. The van der Waals surface area contributed by atoms with Crippen LogP contribution in [0.15, 0.2) is 42.5 Å². The molecular formula is C19H30O. The lowest BCUT2D eigenvalue weighted by atomic mass is 10.1. The molecule has 20 heavy (non-hydrogen) atoms. The summed E-state index contributed by atoms with van der Waals surface area (Å²) >= 11 is 0. The molecule has 1 nitrogen and oxygen atoms in total. The van der Waals surface area contributed by atoms with E-state index in [1.165, 1.54) is 44.9 Å². The fraction of sp³-hybridized carbons (Fsp3) is 0.579. The van der Waals surface area contributed by atoms with E-state index < -0.39 is 0 Å². The summed E-state index contributed by atoms with van der Waals surface area (Å²) in [7, 11) is 0. The molecule has 0 amide bonds. The Hall–Kier alpha value is -1.08. The highest BCUT2D eigenvalue weighted by atomic mass is 16.3. The molecule has 1 unspecified atom stereocenters. The second kappa shape index (κ2) is 11.7. The van der Waals surface area contributed by atoms with Crippen molar-refractivity contribution in [3.63, 3.8) is 0 Å². The van der Waals surface area contributed by atoms with Crippen LogP contribution in [-0.4, -0.2) is 5.11 Å². The van der Waals surface area contributed by atoms with Gasteiger partial charge in [-0.15, -0.1) is 0 Å². The van der Waals surface area contributed by atoms with Crippen molar-refractivity contribution in [2.24, 2.45) is 0 Å². The molecule has 0 heterocycles. The van der Waals surface area contributed by atoms with Crippen LogP contribution in [0.5, 0.6) is 0 Å². The molecule has 0 aliphatic carbocycles. The Labute approximate surface area is 124 Å². The van der Waals surface area contributed by atoms with Crippen molar-refractivity contribution in [1.29, 1.82) is 0 Å². The maximum atomic E-state index is 9.99. The first-order valence-electron chi connectivity index (χ1n) is 8.22. The van der Waals surface area contributed by atoms with Gasteiger partial charge in [-0.05, 0) is 24.8 Å². The van der Waals surface area contributed by atoms with Gasteiger partial charge in [0.15, 0.2) is 0 Å². The lowest BCUT2D eigenvalue weighted by Crippen LogP contribution is -1.94. The lowest BCUT2D eigenvalue weighted by molar-refractivity contribution is 0.181. The smallest absolute Gasteiger partial charge is 0.0824 e. The first-order chi connectivity index (χ1) is 9.84. The standard InChI is InChI=1S/C19H30O/c1-2-3-4-5-6-7-8-9-10-14-17-19(20)18-15-12-11-13-16-18/h10-16,19-20H,2-9,17H2,1H3/b14-10+. The largest absolute Gasteiger partial charge is 0.388 e. The van der Waals surface area contributed by atoms with Crippen molar-refractivity contribution in [3.8, 4) is 0 Å². The Bertz CT molecular complexity index is 342. The SMILES string of the molecule is CCCCCCCCC/C=C/CC(O)c1ccccc1. The second-order valence-electron chi connectivity index (χ2n) is 5.54. The predicted octanol–water partition coefficient (Wildman–Crippen LogP) is 5.81. The Morgan fingerprint density at radius 2 is 1.55 bits per heavy atom. The summed E-state index contributed by atoms with van der Waals surface area (Å²) in [5.74, 6) is 0. The molecule has 1 aromatic rings. The van der Waals surface area contributed by atoms with Crippen LogP contribution < -0.4 is 0 Å². The van der Waals surface area contributed by atoms with Crippen LogP contribution in [0.4, 0.5) is 0 Å². The Kier molecular flexibility index (Phi) is 9.95. The number of benzene rings is 1. The van der Waals surface area contributed by atoms with Crippen LogP contribution in [0.25, 0.3) is 0 Å². The van der Waals surface area contributed by atoms with Crippen LogP contribution >= 0.6 is 0 Å². The van der Waals surface area contributed by atoms with E-state index in [4.69, 9.17) is 0 Å². The molecule has 0 radical (unpaired) electrons. The summed E-state index contributed by atoms with van der Waals surface area (Å²) in [5, 5.41) is 9.99. The molecule has 1 aromatic carbocycles. The van der Waals surface area contributed by atoms with E-state index in [0.29, 0.717) is 0 Å². The zero-order chi connectivity index (χ0) is 14.5. The highest BCUT2D eigenvalue weighted by molar-refractivity contribution is 5.17. The zero-order valence-electron chi connectivity index (χ0n) is 12.9. The van der Waals surface area contributed by atoms with Crippen molar-refractivity contribution in [1.82, 2.24) is 0 Å². The minimum Gasteiger partial charge on any atom is -0.388 e. The molecule has 0 spiro atoms. The van der Waals surface area contributed by atoms with E-state index >= 15 is 0 Å². The van der Waals surface area contributed by atoms with E-state index in [0.717, 1.165) is 18.4 Å². The average molecular weight is 274 g/mol. The van der Waals surface area contributed by atoms with Crippen LogP contribution in [0.2, 0.25) is 0 Å². The molecule has 0 saturated heterocycles. The van der Waals surface area contributed by atoms with E-state index in [1.54, 1.807) is 0 Å². The highest BCUT2D eigenvalue weighted by Gasteiger charge is 2.03. The van der Waals surface area contributed by atoms with Crippen LogP contribution in [0, 0.1) is 0 Å². The fourth-order valence-electron chi connectivity index (χ4n) is 2.37. The molecule has 0 fully saturated rings. The summed E-state index contributed by atoms with van der Waals surface area (Å²) in [4.78, 5) is 0. The summed E-state index contributed by atoms with van der Waals surface area (Å²) in [6.07, 6.45) is 15.4. The summed E-state index contributed by atoms with van der Waals surface area (Å²) < 4.78 is 0. The normalized spacial score (nSPS) is 12.9. The third-order valence-electron chi connectivity index (χ3n) is 3.68. The number of aliphatic hydroxyl groups is 1. The number of unbranched alkanes of at least 4 members (excludes halogenated alkanes) is 7. The molecule has 0 bridgehead atoms. The van der Waals surface area contributed by atoms with E-state index in [9.17, 15) is 5.11 Å². The molecule has 0 saturated carbocycles. The molecule has 112 valence electrons. The van der Waals surface area contributed by atoms with Crippen LogP contribution in [0.1, 0.15) is 76.4 Å². The van der Waals surface area contributed by atoms with Gasteiger partial charge in [0.1, 0.15) is 0 Å². The van der Waals surface area contributed by atoms with Crippen molar-refractivity contribution in [2.75, 3.05) is 0 Å². The van der Waals surface area contributed by atoms with Gasteiger partial charge in [0, 0.05) is 0 Å². The highest BCUT2D eigenvalue weighted by Crippen LogP contribution is 2.16. The minimum absolute atomic E-state index is 0.360. The van der Waals surface area contributed by atoms with Crippen molar-refractivity contribution in [2.45, 2.75) is 70.8 Å². The molecule has 1 atom stereocenters. The molecule has 1 heteroatoms. The number of rotatable bonds is 11. The minimum atomic E-state index is -0.360. The van der Waals surface area contributed by atoms with E-state index in [2.05, 4.69) is 19.1 Å². The van der Waals surface area contributed by atoms with Crippen molar-refractivity contribution >= 4 is 0 Å². The van der Waals surface area contributed by atoms with Crippen molar-refractivity contribution in [3.05, 3.63) is 48.0 Å². The van der Waals surface area contributed by atoms with Gasteiger partial charge in [0.25, 0.3) is 0 Å². The van der Waals surface area contributed by atoms with Gasteiger partial charge in [-0.2, -0.15) is 0 Å². The number of hydrogen-bond donors (Lipinski definition) is 1. The Morgan fingerprint density at radius 1 is 0.900 bits per heavy atom. The van der Waals surface area contributed by atoms with Gasteiger partial charge in [-0.1, -0.05) is 87.9 Å². The van der Waals surface area contributed by atoms with Crippen LogP contribution in [-0.2, 0) is 0 Å². The summed E-state index contributed by atoms with van der Waals surface area (Å²) in [6.45, 7) is 2.26. The summed E-state index contributed by atoms with van der Waals surface area (Å²) in [6, 6.07) is 9.89. The quantitative estimate of drug-likeness (QED) is 0.399. The molecule has 0 aromatic heterocycles. The van der Waals surface area contributed by atoms with Crippen LogP contribution in [0.3, 0.4) is 0 Å². The lowest BCUT2D eigenvalue weighted by Gasteiger charge is -2.07. The first-order valence-corrected chi connectivity index (χ1v) is 8.22. The number of hydrogen-bond acceptors (Lipinski definition) is 1. The maximum absolute atomic E-state index is 9.99. The van der Waals surface area contributed by atoms with Gasteiger partial charge in [-0.3, -0.25) is 0 Å². The Morgan fingerprint density at radius 3 is 2.25 bits per heavy atom. The van der Waals surface area contributed by atoms with Gasteiger partial charge < -0.3 is 5.11 Å². The van der Waals surface area contributed by atoms with Crippen molar-refractivity contribution < 1.29 is 5.11 Å². The topological polar surface area (TPSA) is 20.2 Å². The predicted molar refractivity (Wildman–Crippen MR) is 87.8 cm³/mol. The summed E-state index contributed by atoms with van der Waals surface area (Å²) in [5.41, 5.74) is 1.01. The Balaban J connectivity index is 1.99. The monoisotopic (exact) mass is 274 g/mol. The molecule has 0 aliphatic heterocycles. The third-order valence-corrected chi connectivity index (χ3v) is 3.68. The molecular weight excluding hydrogens is 244 g/mol. The molecule has 1 rings (SSSR count). The third kappa shape index (κ3) is 8.16. The number of allylic oxidation sites excluding steroid dienone is 1. The van der Waals surface area contributed by atoms with E-state index in [1.807, 2.05) is 30.3 Å². The van der Waals surface area contributed by atoms with E-state index in [-0.39, 0.29) is 6.10 Å². The van der Waals surface area contributed by atoms with Gasteiger partial charge in [0.2, 0.25) is 0 Å². The molecule has 1 N–H and O–H groups in total.